The van der Waals surface area contributed by atoms with Crippen LogP contribution in [0.5, 0.6) is 5.75 Å². The molecule has 108 valence electrons. The molecule has 0 atom stereocenters. The molecule has 5 heteroatoms. The lowest BCUT2D eigenvalue weighted by molar-refractivity contribution is 0.240. The Morgan fingerprint density at radius 1 is 1.29 bits per heavy atom. The Morgan fingerprint density at radius 3 is 2.71 bits per heavy atom. The lowest BCUT2D eigenvalue weighted by Crippen LogP contribution is -2.10. The van der Waals surface area contributed by atoms with Gasteiger partial charge >= 0.3 is 0 Å². The standard InChI is InChI=1S/C16H18N4O/c1-11(2)21-15-6-12(3)4-5-13(15)8-19-16-10-18-14(7-17)9-20-16/h4-6,9-11H,8H2,1-3H3,(H,19,20). The average Bonchev–Trinajstić information content (AvgIpc) is 2.46. The van der Waals surface area contributed by atoms with Crippen LogP contribution in [0, 0.1) is 18.3 Å². The Labute approximate surface area is 124 Å². The van der Waals surface area contributed by atoms with Crippen LogP contribution in [0.4, 0.5) is 5.82 Å². The number of nitriles is 1. The fourth-order valence-electron chi connectivity index (χ4n) is 1.83. The Bertz CT molecular complexity index is 644. The van der Waals surface area contributed by atoms with Crippen molar-refractivity contribution in [1.82, 2.24) is 9.97 Å². The minimum absolute atomic E-state index is 0.125. The number of nitrogens with one attached hydrogen (secondary N) is 1. The lowest BCUT2D eigenvalue weighted by atomic mass is 10.1. The first-order valence-electron chi connectivity index (χ1n) is 6.80. The number of benzene rings is 1. The highest BCUT2D eigenvalue weighted by molar-refractivity contribution is 5.41. The number of aromatic nitrogens is 2. The molecule has 2 rings (SSSR count). The molecular formula is C16H18N4O. The number of hydrogen-bond acceptors (Lipinski definition) is 5. The predicted octanol–water partition coefficient (Wildman–Crippen LogP) is 3.06. The molecule has 0 radical (unpaired) electrons. The van der Waals surface area contributed by atoms with E-state index in [0.29, 0.717) is 18.1 Å². The third-order valence-electron chi connectivity index (χ3n) is 2.81. The predicted molar refractivity (Wildman–Crippen MR) is 81.0 cm³/mol. The van der Waals surface area contributed by atoms with Gasteiger partial charge in [0.1, 0.15) is 17.6 Å². The molecule has 1 N–H and O–H groups in total. The van der Waals surface area contributed by atoms with Gasteiger partial charge in [0.25, 0.3) is 0 Å². The van der Waals surface area contributed by atoms with E-state index in [2.05, 4.69) is 21.4 Å². The summed E-state index contributed by atoms with van der Waals surface area (Å²) in [5.41, 5.74) is 2.52. The van der Waals surface area contributed by atoms with Gasteiger partial charge in [-0.3, -0.25) is 0 Å². The van der Waals surface area contributed by atoms with Crippen molar-refractivity contribution in [2.45, 2.75) is 33.4 Å². The fourth-order valence-corrected chi connectivity index (χ4v) is 1.83. The van der Waals surface area contributed by atoms with Gasteiger partial charge in [-0.25, -0.2) is 9.97 Å². The summed E-state index contributed by atoms with van der Waals surface area (Å²) in [6.45, 7) is 6.64. The second kappa shape index (κ2) is 6.71. The van der Waals surface area contributed by atoms with Crippen molar-refractivity contribution < 1.29 is 4.74 Å². The van der Waals surface area contributed by atoms with Gasteiger partial charge in [-0.1, -0.05) is 12.1 Å². The van der Waals surface area contributed by atoms with Crippen molar-refractivity contribution in [2.75, 3.05) is 5.32 Å². The molecule has 0 fully saturated rings. The molecule has 2 aromatic rings. The Kier molecular flexibility index (Phi) is 4.72. The van der Waals surface area contributed by atoms with E-state index in [1.165, 1.54) is 6.20 Å². The highest BCUT2D eigenvalue weighted by Crippen LogP contribution is 2.22. The SMILES string of the molecule is Cc1ccc(CNc2cnc(C#N)cn2)c(OC(C)C)c1. The maximum absolute atomic E-state index is 8.69. The van der Waals surface area contributed by atoms with E-state index in [-0.39, 0.29) is 6.10 Å². The Morgan fingerprint density at radius 2 is 2.10 bits per heavy atom. The van der Waals surface area contributed by atoms with Crippen molar-refractivity contribution in [3.05, 3.63) is 47.4 Å². The highest BCUT2D eigenvalue weighted by atomic mass is 16.5. The average molecular weight is 282 g/mol. The summed E-state index contributed by atoms with van der Waals surface area (Å²) in [5, 5.41) is 11.9. The molecule has 0 aliphatic rings. The van der Waals surface area contributed by atoms with Crippen LogP contribution >= 0.6 is 0 Å². The summed E-state index contributed by atoms with van der Waals surface area (Å²) in [7, 11) is 0. The lowest BCUT2D eigenvalue weighted by Gasteiger charge is -2.15. The van der Waals surface area contributed by atoms with Crippen LogP contribution in [0.1, 0.15) is 30.7 Å². The summed E-state index contributed by atoms with van der Waals surface area (Å²) in [4.78, 5) is 8.11. The normalized spacial score (nSPS) is 10.2. The third-order valence-corrected chi connectivity index (χ3v) is 2.81. The first-order chi connectivity index (χ1) is 10.1. The minimum Gasteiger partial charge on any atom is -0.491 e. The monoisotopic (exact) mass is 282 g/mol. The molecule has 0 aliphatic heterocycles. The van der Waals surface area contributed by atoms with Crippen LogP contribution in [0.2, 0.25) is 0 Å². The van der Waals surface area contributed by atoms with Crippen LogP contribution < -0.4 is 10.1 Å². The van der Waals surface area contributed by atoms with Crippen LogP contribution in [0.3, 0.4) is 0 Å². The molecule has 0 spiro atoms. The molecule has 0 bridgehead atoms. The van der Waals surface area contributed by atoms with Gasteiger partial charge in [-0.05, 0) is 32.4 Å². The van der Waals surface area contributed by atoms with E-state index in [9.17, 15) is 0 Å². The van der Waals surface area contributed by atoms with E-state index in [1.54, 1.807) is 6.20 Å². The van der Waals surface area contributed by atoms with E-state index in [1.807, 2.05) is 39.0 Å². The van der Waals surface area contributed by atoms with E-state index < -0.39 is 0 Å². The number of aryl methyl sites for hydroxylation is 1. The van der Waals surface area contributed by atoms with Gasteiger partial charge in [0.15, 0.2) is 5.69 Å². The molecule has 1 heterocycles. The van der Waals surface area contributed by atoms with Gasteiger partial charge in [-0.2, -0.15) is 5.26 Å². The van der Waals surface area contributed by atoms with Gasteiger partial charge < -0.3 is 10.1 Å². The number of anilines is 1. The zero-order valence-corrected chi connectivity index (χ0v) is 12.4. The van der Waals surface area contributed by atoms with Crippen LogP contribution in [0.25, 0.3) is 0 Å². The topological polar surface area (TPSA) is 70.8 Å². The minimum atomic E-state index is 0.125. The molecule has 0 amide bonds. The van der Waals surface area contributed by atoms with Gasteiger partial charge in [0.05, 0.1) is 18.5 Å². The van der Waals surface area contributed by atoms with Gasteiger partial charge in [0.2, 0.25) is 0 Å². The summed E-state index contributed by atoms with van der Waals surface area (Å²) in [5.74, 6) is 1.50. The molecule has 0 aliphatic carbocycles. The van der Waals surface area contributed by atoms with Gasteiger partial charge in [0, 0.05) is 12.1 Å². The van der Waals surface area contributed by atoms with Crippen molar-refractivity contribution in [2.24, 2.45) is 0 Å². The quantitative estimate of drug-likeness (QED) is 0.912. The van der Waals surface area contributed by atoms with Crippen molar-refractivity contribution in [3.8, 4) is 11.8 Å². The molecular weight excluding hydrogens is 264 g/mol. The van der Waals surface area contributed by atoms with Crippen LogP contribution in [0.15, 0.2) is 30.6 Å². The van der Waals surface area contributed by atoms with Gasteiger partial charge in [-0.15, -0.1) is 0 Å². The smallest absolute Gasteiger partial charge is 0.158 e. The molecule has 1 aromatic carbocycles. The summed E-state index contributed by atoms with van der Waals surface area (Å²) < 4.78 is 5.83. The number of hydrogen-bond donors (Lipinski definition) is 1. The van der Waals surface area contributed by atoms with Crippen molar-refractivity contribution in [3.63, 3.8) is 0 Å². The van der Waals surface area contributed by atoms with Crippen LogP contribution in [-0.4, -0.2) is 16.1 Å². The largest absolute Gasteiger partial charge is 0.491 e. The summed E-state index contributed by atoms with van der Waals surface area (Å²) >= 11 is 0. The number of ether oxygens (including phenoxy) is 1. The van der Waals surface area contributed by atoms with Crippen molar-refractivity contribution in [1.29, 1.82) is 5.26 Å². The second-order valence-electron chi connectivity index (χ2n) is 5.03. The Balaban J connectivity index is 2.10. The Hall–Kier alpha value is -2.61. The van der Waals surface area contributed by atoms with Crippen LogP contribution in [-0.2, 0) is 6.54 Å². The highest BCUT2D eigenvalue weighted by Gasteiger charge is 2.07. The first-order valence-corrected chi connectivity index (χ1v) is 6.80. The van der Waals surface area contributed by atoms with E-state index in [0.717, 1.165) is 16.9 Å². The maximum atomic E-state index is 8.69. The first kappa shape index (κ1) is 14.8. The number of rotatable bonds is 5. The summed E-state index contributed by atoms with van der Waals surface area (Å²) in [6, 6.07) is 8.06. The molecule has 1 aromatic heterocycles. The zero-order chi connectivity index (χ0) is 15.2. The maximum Gasteiger partial charge on any atom is 0.158 e. The molecule has 0 saturated heterocycles. The third kappa shape index (κ3) is 4.18. The zero-order valence-electron chi connectivity index (χ0n) is 12.4. The molecule has 0 saturated carbocycles. The second-order valence-corrected chi connectivity index (χ2v) is 5.03. The molecule has 21 heavy (non-hydrogen) atoms. The van der Waals surface area contributed by atoms with E-state index in [4.69, 9.17) is 10.00 Å². The molecule has 5 nitrogen and oxygen atoms in total. The fraction of sp³-hybridized carbons (Fsp3) is 0.312. The summed E-state index contributed by atoms with van der Waals surface area (Å²) in [6.07, 6.45) is 3.12. The van der Waals surface area contributed by atoms with Crippen molar-refractivity contribution >= 4 is 5.82 Å². The van der Waals surface area contributed by atoms with E-state index >= 15 is 0 Å². The molecule has 0 unspecified atom stereocenters. The number of nitrogens with zero attached hydrogens (tertiary/aromatic N) is 3.